The van der Waals surface area contributed by atoms with E-state index in [2.05, 4.69) is 39.8 Å². The van der Waals surface area contributed by atoms with Gasteiger partial charge < -0.3 is 0 Å². The molecule has 0 saturated heterocycles. The normalized spacial score (nSPS) is 18.2. The largest absolute Gasteiger partial charge is 0.271 e. The minimum absolute atomic E-state index is 0.0880. The summed E-state index contributed by atoms with van der Waals surface area (Å²) in [6.45, 7) is 0. The molecule has 1 aromatic carbocycles. The molecule has 0 aliphatic heterocycles. The van der Waals surface area contributed by atoms with E-state index >= 15 is 0 Å². The second-order valence-electron chi connectivity index (χ2n) is 5.56. The van der Waals surface area contributed by atoms with E-state index in [1.54, 1.807) is 6.20 Å². The molecule has 0 radical (unpaired) electrons. The highest BCUT2D eigenvalue weighted by molar-refractivity contribution is 5.53. The highest BCUT2D eigenvalue weighted by Gasteiger charge is 2.29. The van der Waals surface area contributed by atoms with Gasteiger partial charge in [0.1, 0.15) is 0 Å². The van der Waals surface area contributed by atoms with Gasteiger partial charge in [-0.05, 0) is 29.9 Å². The third-order valence-electron chi connectivity index (χ3n) is 4.41. The maximum atomic E-state index is 5.79. The summed E-state index contributed by atoms with van der Waals surface area (Å²) in [5, 5.41) is 4.36. The summed E-state index contributed by atoms with van der Waals surface area (Å²) >= 11 is 0. The van der Waals surface area contributed by atoms with Gasteiger partial charge in [-0.15, -0.1) is 0 Å². The Hall–Kier alpha value is -2.24. The summed E-state index contributed by atoms with van der Waals surface area (Å²) in [6.07, 6.45) is 9.41. The molecule has 106 valence electrons. The first-order valence-corrected chi connectivity index (χ1v) is 7.18. The number of benzene rings is 1. The van der Waals surface area contributed by atoms with Crippen molar-refractivity contribution in [1.82, 2.24) is 20.0 Å². The minimum atomic E-state index is 0.0880. The number of aromatic nitrogens is 3. The zero-order valence-electron chi connectivity index (χ0n) is 11.6. The van der Waals surface area contributed by atoms with Crippen LogP contribution in [0.4, 0.5) is 0 Å². The lowest BCUT2D eigenvalue weighted by Gasteiger charge is -2.32. The number of rotatable bonds is 4. The SMILES string of the molecule is NNC(CC1Cc2ccccc21)c1cnn2ccncc12. The van der Waals surface area contributed by atoms with Crippen molar-refractivity contribution in [3.8, 4) is 0 Å². The topological polar surface area (TPSA) is 68.2 Å². The van der Waals surface area contributed by atoms with Gasteiger partial charge >= 0.3 is 0 Å². The number of nitrogens with zero attached hydrogens (tertiary/aromatic N) is 3. The molecule has 3 N–H and O–H groups in total. The maximum absolute atomic E-state index is 5.79. The van der Waals surface area contributed by atoms with Crippen LogP contribution in [0, 0.1) is 0 Å². The molecule has 0 fully saturated rings. The summed E-state index contributed by atoms with van der Waals surface area (Å²) in [5.41, 5.74) is 7.97. The molecule has 3 aromatic rings. The summed E-state index contributed by atoms with van der Waals surface area (Å²) in [5.74, 6) is 6.36. The van der Waals surface area contributed by atoms with E-state index in [0.29, 0.717) is 5.92 Å². The first-order valence-electron chi connectivity index (χ1n) is 7.18. The lowest BCUT2D eigenvalue weighted by molar-refractivity contribution is 0.437. The van der Waals surface area contributed by atoms with E-state index in [1.165, 1.54) is 11.1 Å². The number of fused-ring (bicyclic) bond motifs is 2. The van der Waals surface area contributed by atoms with Gasteiger partial charge in [0.2, 0.25) is 0 Å². The number of nitrogens with one attached hydrogen (secondary N) is 1. The lowest BCUT2D eigenvalue weighted by Crippen LogP contribution is -2.31. The zero-order chi connectivity index (χ0) is 14.2. The van der Waals surface area contributed by atoms with Crippen molar-refractivity contribution in [2.24, 2.45) is 5.84 Å². The van der Waals surface area contributed by atoms with Gasteiger partial charge in [0.05, 0.1) is 24.0 Å². The number of hydrogen-bond acceptors (Lipinski definition) is 4. The third-order valence-corrected chi connectivity index (χ3v) is 4.41. The molecule has 0 spiro atoms. The first kappa shape index (κ1) is 12.5. The van der Waals surface area contributed by atoms with Crippen LogP contribution in [0.15, 0.2) is 49.1 Å². The Morgan fingerprint density at radius 1 is 1.33 bits per heavy atom. The Morgan fingerprint density at radius 3 is 3.10 bits per heavy atom. The maximum Gasteiger partial charge on any atom is 0.0893 e. The van der Waals surface area contributed by atoms with Crippen LogP contribution in [0.25, 0.3) is 5.52 Å². The van der Waals surface area contributed by atoms with Crippen LogP contribution in [-0.2, 0) is 6.42 Å². The molecule has 0 bridgehead atoms. The van der Waals surface area contributed by atoms with Crippen LogP contribution in [0.1, 0.15) is 35.1 Å². The Balaban J connectivity index is 1.62. The molecule has 5 nitrogen and oxygen atoms in total. The molecule has 5 heteroatoms. The van der Waals surface area contributed by atoms with E-state index < -0.39 is 0 Å². The van der Waals surface area contributed by atoms with Crippen LogP contribution in [0.5, 0.6) is 0 Å². The lowest BCUT2D eigenvalue weighted by atomic mass is 9.74. The Kier molecular flexibility index (Phi) is 2.94. The summed E-state index contributed by atoms with van der Waals surface area (Å²) in [4.78, 5) is 4.18. The average Bonchev–Trinajstić information content (AvgIpc) is 2.93. The molecular formula is C16H17N5. The molecular weight excluding hydrogens is 262 g/mol. The van der Waals surface area contributed by atoms with Crippen molar-refractivity contribution in [3.05, 3.63) is 65.7 Å². The third kappa shape index (κ3) is 2.02. The Morgan fingerprint density at radius 2 is 2.24 bits per heavy atom. The van der Waals surface area contributed by atoms with E-state index in [9.17, 15) is 0 Å². The van der Waals surface area contributed by atoms with E-state index in [-0.39, 0.29) is 6.04 Å². The van der Waals surface area contributed by atoms with Crippen LogP contribution in [-0.4, -0.2) is 14.6 Å². The van der Waals surface area contributed by atoms with E-state index in [0.717, 1.165) is 23.9 Å². The van der Waals surface area contributed by atoms with Gasteiger partial charge in [0.15, 0.2) is 0 Å². The van der Waals surface area contributed by atoms with E-state index in [1.807, 2.05) is 23.1 Å². The van der Waals surface area contributed by atoms with Crippen molar-refractivity contribution in [2.45, 2.75) is 24.8 Å². The van der Waals surface area contributed by atoms with Gasteiger partial charge in [-0.3, -0.25) is 16.3 Å². The van der Waals surface area contributed by atoms with Gasteiger partial charge in [0, 0.05) is 18.0 Å². The Labute approximate surface area is 122 Å². The second kappa shape index (κ2) is 4.95. The second-order valence-corrected chi connectivity index (χ2v) is 5.56. The van der Waals surface area contributed by atoms with Crippen molar-refractivity contribution in [3.63, 3.8) is 0 Å². The smallest absolute Gasteiger partial charge is 0.0893 e. The zero-order valence-corrected chi connectivity index (χ0v) is 11.6. The van der Waals surface area contributed by atoms with Crippen LogP contribution >= 0.6 is 0 Å². The molecule has 1 aliphatic rings. The molecule has 4 rings (SSSR count). The number of nitrogens with two attached hydrogens (primary N) is 1. The molecule has 2 heterocycles. The van der Waals surface area contributed by atoms with Crippen molar-refractivity contribution in [1.29, 1.82) is 0 Å². The summed E-state index contributed by atoms with van der Waals surface area (Å²) in [6, 6.07) is 8.72. The molecule has 1 aliphatic carbocycles. The van der Waals surface area contributed by atoms with E-state index in [4.69, 9.17) is 5.84 Å². The quantitative estimate of drug-likeness (QED) is 0.566. The Bertz CT molecular complexity index is 779. The van der Waals surface area contributed by atoms with Crippen molar-refractivity contribution >= 4 is 5.52 Å². The summed E-state index contributed by atoms with van der Waals surface area (Å²) in [7, 11) is 0. The predicted molar refractivity (Wildman–Crippen MR) is 80.6 cm³/mol. The van der Waals surface area contributed by atoms with Gasteiger partial charge in [0.25, 0.3) is 0 Å². The molecule has 2 aromatic heterocycles. The van der Waals surface area contributed by atoms with Crippen molar-refractivity contribution in [2.75, 3.05) is 0 Å². The fourth-order valence-electron chi connectivity index (χ4n) is 3.26. The van der Waals surface area contributed by atoms with Crippen LogP contribution < -0.4 is 11.3 Å². The highest BCUT2D eigenvalue weighted by atomic mass is 15.3. The highest BCUT2D eigenvalue weighted by Crippen LogP contribution is 2.40. The molecule has 0 saturated carbocycles. The van der Waals surface area contributed by atoms with Crippen molar-refractivity contribution < 1.29 is 0 Å². The number of hydrogen-bond donors (Lipinski definition) is 2. The fourth-order valence-corrected chi connectivity index (χ4v) is 3.26. The monoisotopic (exact) mass is 279 g/mol. The van der Waals surface area contributed by atoms with Gasteiger partial charge in [-0.25, -0.2) is 4.52 Å². The minimum Gasteiger partial charge on any atom is -0.271 e. The molecule has 2 atom stereocenters. The van der Waals surface area contributed by atoms with Gasteiger partial charge in [-0.1, -0.05) is 24.3 Å². The molecule has 0 amide bonds. The number of hydrazine groups is 1. The summed E-state index contributed by atoms with van der Waals surface area (Å²) < 4.78 is 1.83. The van der Waals surface area contributed by atoms with Crippen LogP contribution in [0.3, 0.4) is 0 Å². The molecule has 21 heavy (non-hydrogen) atoms. The average molecular weight is 279 g/mol. The fraction of sp³-hybridized carbons (Fsp3) is 0.250. The van der Waals surface area contributed by atoms with Crippen LogP contribution in [0.2, 0.25) is 0 Å². The van der Waals surface area contributed by atoms with Gasteiger partial charge in [-0.2, -0.15) is 5.10 Å². The first-order chi connectivity index (χ1) is 10.4. The standard InChI is InChI=1S/C16H17N5/c17-20-15(8-12-7-11-3-1-2-4-13(11)12)14-9-19-21-6-5-18-10-16(14)21/h1-6,9-10,12,15,20H,7-8,17H2. The predicted octanol–water partition coefficient (Wildman–Crippen LogP) is 1.96. The molecule has 2 unspecified atom stereocenters.